The fourth-order valence-corrected chi connectivity index (χ4v) is 3.03. The summed E-state index contributed by atoms with van der Waals surface area (Å²) in [6.07, 6.45) is 6.52. The number of hydrogen-bond donors (Lipinski definition) is 3. The molecule has 1 aromatic rings. The molecule has 0 aromatic heterocycles. The molecule has 3 N–H and O–H groups in total. The zero-order chi connectivity index (χ0) is 17.4. The number of benzene rings is 1. The second kappa shape index (κ2) is 9.52. The number of carbonyl (C=O) groups is 2. The third kappa shape index (κ3) is 5.71. The van der Waals surface area contributed by atoms with Gasteiger partial charge in [-0.25, -0.2) is 0 Å². The molecule has 1 fully saturated rings. The molecule has 0 heterocycles. The summed E-state index contributed by atoms with van der Waals surface area (Å²) in [6.45, 7) is 2.84. The first kappa shape index (κ1) is 18.6. The lowest BCUT2D eigenvalue weighted by Gasteiger charge is -2.23. The average Bonchev–Trinajstić information content (AvgIpc) is 2.60. The minimum absolute atomic E-state index is 0.0694. The summed E-state index contributed by atoms with van der Waals surface area (Å²) in [5, 5.41) is 9.31. The third-order valence-electron chi connectivity index (χ3n) is 4.18. The molecule has 5 nitrogen and oxygen atoms in total. The smallest absolute Gasteiger partial charge is 0.253 e. The minimum atomic E-state index is -0.147. The van der Waals surface area contributed by atoms with Crippen molar-refractivity contribution in [1.29, 1.82) is 0 Å². The van der Waals surface area contributed by atoms with E-state index in [1.807, 2.05) is 6.92 Å². The van der Waals surface area contributed by atoms with Gasteiger partial charge in [-0.05, 0) is 37.5 Å². The number of nitrogens with one attached hydrogen (secondary N) is 3. The van der Waals surface area contributed by atoms with E-state index in [1.54, 1.807) is 18.2 Å². The quantitative estimate of drug-likeness (QED) is 0.705. The largest absolute Gasteiger partial charge is 0.376 e. The van der Waals surface area contributed by atoms with Crippen molar-refractivity contribution in [3.05, 3.63) is 28.8 Å². The lowest BCUT2D eigenvalue weighted by Crippen LogP contribution is -2.36. The zero-order valence-electron chi connectivity index (χ0n) is 14.2. The van der Waals surface area contributed by atoms with Crippen molar-refractivity contribution in [2.24, 2.45) is 0 Å². The van der Waals surface area contributed by atoms with E-state index in [2.05, 4.69) is 16.0 Å². The van der Waals surface area contributed by atoms with E-state index >= 15 is 0 Å². The number of anilines is 1. The molecule has 2 amide bonds. The fraction of sp³-hybridized carbons (Fsp3) is 0.556. The van der Waals surface area contributed by atoms with Crippen molar-refractivity contribution in [3.63, 3.8) is 0 Å². The molecule has 1 aromatic carbocycles. The third-order valence-corrected chi connectivity index (χ3v) is 4.51. The maximum Gasteiger partial charge on any atom is 0.253 e. The lowest BCUT2D eigenvalue weighted by molar-refractivity contribution is -0.119. The normalized spacial score (nSPS) is 14.9. The predicted molar refractivity (Wildman–Crippen MR) is 97.6 cm³/mol. The van der Waals surface area contributed by atoms with Gasteiger partial charge in [0.2, 0.25) is 5.91 Å². The van der Waals surface area contributed by atoms with E-state index in [1.165, 1.54) is 6.42 Å². The van der Waals surface area contributed by atoms with Gasteiger partial charge in [-0.3, -0.25) is 9.59 Å². The maximum absolute atomic E-state index is 12.5. The van der Waals surface area contributed by atoms with Crippen molar-refractivity contribution < 1.29 is 9.59 Å². The number of hydrogen-bond acceptors (Lipinski definition) is 3. The van der Waals surface area contributed by atoms with Gasteiger partial charge in [0, 0.05) is 18.3 Å². The molecule has 0 saturated heterocycles. The highest BCUT2D eigenvalue weighted by Crippen LogP contribution is 2.22. The Hall–Kier alpha value is -1.75. The maximum atomic E-state index is 12.5. The number of halogens is 1. The van der Waals surface area contributed by atoms with E-state index in [4.69, 9.17) is 11.6 Å². The first-order valence-corrected chi connectivity index (χ1v) is 9.09. The Labute approximate surface area is 148 Å². The van der Waals surface area contributed by atoms with Gasteiger partial charge in [0.25, 0.3) is 5.91 Å². The van der Waals surface area contributed by atoms with Crippen LogP contribution in [0, 0.1) is 0 Å². The minimum Gasteiger partial charge on any atom is -0.376 e. The standard InChI is InChI=1S/C18H26ClN3O2/c1-2-10-20-17(23)12-21-14-8-9-16(19)15(11-14)18(24)22-13-6-4-3-5-7-13/h8-9,11,13,21H,2-7,10,12H2,1H3,(H,20,23)(H,22,24). The molecule has 2 rings (SSSR count). The fourth-order valence-electron chi connectivity index (χ4n) is 2.83. The highest BCUT2D eigenvalue weighted by Gasteiger charge is 2.18. The Morgan fingerprint density at radius 2 is 1.96 bits per heavy atom. The molecule has 0 aliphatic heterocycles. The second-order valence-electron chi connectivity index (χ2n) is 6.21. The van der Waals surface area contributed by atoms with Gasteiger partial charge in [0.05, 0.1) is 17.1 Å². The Balaban J connectivity index is 1.94. The lowest BCUT2D eigenvalue weighted by atomic mass is 9.95. The van der Waals surface area contributed by atoms with Crippen LogP contribution in [0.3, 0.4) is 0 Å². The topological polar surface area (TPSA) is 70.2 Å². The van der Waals surface area contributed by atoms with Crippen LogP contribution in [0.1, 0.15) is 55.8 Å². The summed E-state index contributed by atoms with van der Waals surface area (Å²) < 4.78 is 0. The molecular weight excluding hydrogens is 326 g/mol. The SMILES string of the molecule is CCCNC(=O)CNc1ccc(Cl)c(C(=O)NC2CCCCC2)c1. The molecule has 6 heteroatoms. The van der Waals surface area contributed by atoms with Crippen LogP contribution in [0.25, 0.3) is 0 Å². The molecule has 0 spiro atoms. The summed E-state index contributed by atoms with van der Waals surface area (Å²) in [7, 11) is 0. The summed E-state index contributed by atoms with van der Waals surface area (Å²) in [6, 6.07) is 5.39. The van der Waals surface area contributed by atoms with Crippen molar-refractivity contribution in [2.75, 3.05) is 18.4 Å². The van der Waals surface area contributed by atoms with Crippen LogP contribution in [0.15, 0.2) is 18.2 Å². The van der Waals surface area contributed by atoms with Gasteiger partial charge in [0.1, 0.15) is 0 Å². The molecule has 1 aliphatic carbocycles. The number of carbonyl (C=O) groups excluding carboxylic acids is 2. The van der Waals surface area contributed by atoms with E-state index in [0.717, 1.165) is 32.1 Å². The van der Waals surface area contributed by atoms with Crippen molar-refractivity contribution in [3.8, 4) is 0 Å². The number of rotatable bonds is 7. The van der Waals surface area contributed by atoms with Crippen LogP contribution in [0.4, 0.5) is 5.69 Å². The second-order valence-corrected chi connectivity index (χ2v) is 6.61. The van der Waals surface area contributed by atoms with Crippen molar-refractivity contribution >= 4 is 29.1 Å². The van der Waals surface area contributed by atoms with Crippen LogP contribution in [-0.4, -0.2) is 30.9 Å². The van der Waals surface area contributed by atoms with Crippen LogP contribution in [0.2, 0.25) is 5.02 Å². The first-order chi connectivity index (χ1) is 11.6. The van der Waals surface area contributed by atoms with Gasteiger partial charge in [-0.2, -0.15) is 0 Å². The van der Waals surface area contributed by atoms with Gasteiger partial charge >= 0.3 is 0 Å². The Morgan fingerprint density at radius 3 is 2.67 bits per heavy atom. The Bertz CT molecular complexity index is 571. The first-order valence-electron chi connectivity index (χ1n) is 8.71. The molecule has 132 valence electrons. The molecule has 1 saturated carbocycles. The van der Waals surface area contributed by atoms with Crippen molar-refractivity contribution in [1.82, 2.24) is 10.6 Å². The van der Waals surface area contributed by atoms with Crippen LogP contribution >= 0.6 is 11.6 Å². The summed E-state index contributed by atoms with van der Waals surface area (Å²) >= 11 is 6.17. The van der Waals surface area contributed by atoms with Crippen molar-refractivity contribution in [2.45, 2.75) is 51.5 Å². The monoisotopic (exact) mass is 351 g/mol. The van der Waals surface area contributed by atoms with Gasteiger partial charge in [-0.15, -0.1) is 0 Å². The zero-order valence-corrected chi connectivity index (χ0v) is 14.9. The molecule has 1 aliphatic rings. The van der Waals surface area contributed by atoms with E-state index in [9.17, 15) is 9.59 Å². The summed E-state index contributed by atoms with van der Waals surface area (Å²) in [4.78, 5) is 24.1. The molecule has 0 atom stereocenters. The molecular formula is C18H26ClN3O2. The van der Waals surface area contributed by atoms with E-state index in [-0.39, 0.29) is 24.4 Å². The molecule has 24 heavy (non-hydrogen) atoms. The van der Waals surface area contributed by atoms with Gasteiger partial charge in [0.15, 0.2) is 0 Å². The predicted octanol–water partition coefficient (Wildman–Crippen LogP) is 3.34. The molecule has 0 radical (unpaired) electrons. The highest BCUT2D eigenvalue weighted by atomic mass is 35.5. The van der Waals surface area contributed by atoms with E-state index < -0.39 is 0 Å². The van der Waals surface area contributed by atoms with Crippen LogP contribution < -0.4 is 16.0 Å². The van der Waals surface area contributed by atoms with Gasteiger partial charge < -0.3 is 16.0 Å². The molecule has 0 bridgehead atoms. The Kier molecular flexibility index (Phi) is 7.37. The number of amides is 2. The Morgan fingerprint density at radius 1 is 1.21 bits per heavy atom. The van der Waals surface area contributed by atoms with Crippen LogP contribution in [-0.2, 0) is 4.79 Å². The average molecular weight is 352 g/mol. The summed E-state index contributed by atoms with van der Waals surface area (Å²) in [5.41, 5.74) is 1.15. The van der Waals surface area contributed by atoms with Crippen LogP contribution in [0.5, 0.6) is 0 Å². The van der Waals surface area contributed by atoms with E-state index in [0.29, 0.717) is 22.8 Å². The summed E-state index contributed by atoms with van der Waals surface area (Å²) in [5.74, 6) is -0.217. The highest BCUT2D eigenvalue weighted by molar-refractivity contribution is 6.34. The molecule has 0 unspecified atom stereocenters. The van der Waals surface area contributed by atoms with Gasteiger partial charge in [-0.1, -0.05) is 37.8 Å².